The number of benzene rings is 2. The van der Waals surface area contributed by atoms with Crippen molar-refractivity contribution in [1.82, 2.24) is 15.1 Å². The number of nitrogens with zero attached hydrogens (tertiary/aromatic N) is 2. The summed E-state index contributed by atoms with van der Waals surface area (Å²) in [6.07, 6.45) is 2.32. The third kappa shape index (κ3) is 5.44. The molecule has 8 heteroatoms. The van der Waals surface area contributed by atoms with Crippen LogP contribution < -0.4 is 20.9 Å². The molecule has 0 radical (unpaired) electrons. The standard InChI is InChI=1S/C23H25ClN4O3/c1-4-15(3)26-22(29)16-7-6-8-18(13-16)27-21-20(31-5-2)14-25-28(23(21)30)19-11-9-17(24)10-12-19/h6-15,27H,4-5H2,1-3H3,(H,26,29)/t15-/m0/s1. The Hall–Kier alpha value is -3.32. The molecule has 0 aliphatic heterocycles. The van der Waals surface area contributed by atoms with Gasteiger partial charge in [0.05, 0.1) is 18.5 Å². The van der Waals surface area contributed by atoms with E-state index in [-0.39, 0.29) is 23.2 Å². The summed E-state index contributed by atoms with van der Waals surface area (Å²) >= 11 is 5.95. The van der Waals surface area contributed by atoms with Gasteiger partial charge in [-0.05, 0) is 62.7 Å². The maximum atomic E-state index is 13.2. The Kier molecular flexibility index (Phi) is 7.31. The molecule has 1 aromatic heterocycles. The van der Waals surface area contributed by atoms with Crippen LogP contribution in [0.5, 0.6) is 5.75 Å². The van der Waals surface area contributed by atoms with Crippen molar-refractivity contribution in [3.8, 4) is 11.4 Å². The largest absolute Gasteiger partial charge is 0.490 e. The molecule has 31 heavy (non-hydrogen) atoms. The van der Waals surface area contributed by atoms with E-state index in [1.54, 1.807) is 48.5 Å². The van der Waals surface area contributed by atoms with Gasteiger partial charge in [0.1, 0.15) is 0 Å². The smallest absolute Gasteiger partial charge is 0.299 e. The Morgan fingerprint density at radius 3 is 2.61 bits per heavy atom. The quantitative estimate of drug-likeness (QED) is 0.536. The first kappa shape index (κ1) is 22.4. The summed E-state index contributed by atoms with van der Waals surface area (Å²) in [6, 6.07) is 13.8. The van der Waals surface area contributed by atoms with E-state index in [0.717, 1.165) is 6.42 Å². The van der Waals surface area contributed by atoms with Gasteiger partial charge in [-0.1, -0.05) is 24.6 Å². The van der Waals surface area contributed by atoms with Gasteiger partial charge in [0.2, 0.25) is 0 Å². The van der Waals surface area contributed by atoms with Crippen LogP contribution in [0.2, 0.25) is 5.02 Å². The fourth-order valence-electron chi connectivity index (χ4n) is 2.88. The maximum absolute atomic E-state index is 13.2. The molecule has 2 N–H and O–H groups in total. The molecule has 0 saturated carbocycles. The molecule has 0 fully saturated rings. The maximum Gasteiger partial charge on any atom is 0.299 e. The zero-order valence-electron chi connectivity index (χ0n) is 17.7. The summed E-state index contributed by atoms with van der Waals surface area (Å²) in [4.78, 5) is 25.7. The lowest BCUT2D eigenvalue weighted by molar-refractivity contribution is 0.0939. The van der Waals surface area contributed by atoms with Gasteiger partial charge >= 0.3 is 0 Å². The summed E-state index contributed by atoms with van der Waals surface area (Å²) in [5.74, 6) is 0.156. The lowest BCUT2D eigenvalue weighted by Gasteiger charge is -2.15. The molecule has 162 valence electrons. The summed E-state index contributed by atoms with van der Waals surface area (Å²) in [5.41, 5.74) is 1.50. The second-order valence-corrected chi connectivity index (χ2v) is 7.44. The molecule has 3 rings (SSSR count). The number of anilines is 2. The molecule has 1 amide bonds. The van der Waals surface area contributed by atoms with E-state index in [4.69, 9.17) is 16.3 Å². The number of carbonyl (C=O) groups is 1. The van der Waals surface area contributed by atoms with E-state index in [9.17, 15) is 9.59 Å². The van der Waals surface area contributed by atoms with Crippen molar-refractivity contribution in [1.29, 1.82) is 0 Å². The third-order valence-electron chi connectivity index (χ3n) is 4.70. The number of aromatic nitrogens is 2. The molecule has 1 heterocycles. The van der Waals surface area contributed by atoms with Crippen molar-refractivity contribution in [3.05, 3.63) is 75.7 Å². The highest BCUT2D eigenvalue weighted by Crippen LogP contribution is 2.25. The van der Waals surface area contributed by atoms with Crippen LogP contribution in [0.3, 0.4) is 0 Å². The summed E-state index contributed by atoms with van der Waals surface area (Å²) in [5, 5.41) is 10.8. The number of amides is 1. The average molecular weight is 441 g/mol. The molecular weight excluding hydrogens is 416 g/mol. The zero-order chi connectivity index (χ0) is 22.4. The van der Waals surface area contributed by atoms with Gasteiger partial charge in [0, 0.05) is 22.3 Å². The van der Waals surface area contributed by atoms with Crippen molar-refractivity contribution >= 4 is 28.9 Å². The number of hydrogen-bond acceptors (Lipinski definition) is 5. The molecule has 0 spiro atoms. The first-order valence-corrected chi connectivity index (χ1v) is 10.5. The highest BCUT2D eigenvalue weighted by atomic mass is 35.5. The Bertz CT molecular complexity index is 1110. The minimum Gasteiger partial charge on any atom is -0.490 e. The van der Waals surface area contributed by atoms with Crippen LogP contribution in [0, 0.1) is 0 Å². The highest BCUT2D eigenvalue weighted by Gasteiger charge is 2.15. The van der Waals surface area contributed by atoms with Gasteiger partial charge in [-0.3, -0.25) is 9.59 Å². The SMILES string of the molecule is CCOc1cnn(-c2ccc(Cl)cc2)c(=O)c1Nc1cccc(C(=O)N[C@@H](C)CC)c1. The Morgan fingerprint density at radius 2 is 1.94 bits per heavy atom. The van der Waals surface area contributed by atoms with E-state index in [2.05, 4.69) is 15.7 Å². The van der Waals surface area contributed by atoms with E-state index in [0.29, 0.717) is 34.3 Å². The second kappa shape index (κ2) is 10.1. The van der Waals surface area contributed by atoms with Gasteiger partial charge in [0.15, 0.2) is 11.4 Å². The van der Waals surface area contributed by atoms with Crippen molar-refractivity contribution < 1.29 is 9.53 Å². The fourth-order valence-corrected chi connectivity index (χ4v) is 3.00. The molecule has 3 aromatic rings. The number of halogens is 1. The summed E-state index contributed by atoms with van der Waals surface area (Å²) in [7, 11) is 0. The van der Waals surface area contributed by atoms with Gasteiger partial charge in [-0.25, -0.2) is 0 Å². The Balaban J connectivity index is 1.97. The van der Waals surface area contributed by atoms with Crippen molar-refractivity contribution in [2.24, 2.45) is 0 Å². The third-order valence-corrected chi connectivity index (χ3v) is 4.95. The second-order valence-electron chi connectivity index (χ2n) is 7.00. The first-order chi connectivity index (χ1) is 14.9. The zero-order valence-corrected chi connectivity index (χ0v) is 18.4. The van der Waals surface area contributed by atoms with Gasteiger partial charge in [-0.2, -0.15) is 9.78 Å². The predicted octanol–water partition coefficient (Wildman–Crippen LogP) is 4.56. The lowest BCUT2D eigenvalue weighted by Crippen LogP contribution is -2.31. The molecule has 1 atom stereocenters. The monoisotopic (exact) mass is 440 g/mol. The molecule has 0 saturated heterocycles. The van der Waals surface area contributed by atoms with Crippen LogP contribution in [0.25, 0.3) is 5.69 Å². The molecule has 0 unspecified atom stereocenters. The van der Waals surface area contributed by atoms with Crippen molar-refractivity contribution in [2.45, 2.75) is 33.2 Å². The number of nitrogens with one attached hydrogen (secondary N) is 2. The van der Waals surface area contributed by atoms with Gasteiger partial charge in [-0.15, -0.1) is 0 Å². The minimum atomic E-state index is -0.386. The predicted molar refractivity (Wildman–Crippen MR) is 123 cm³/mol. The van der Waals surface area contributed by atoms with Crippen LogP contribution >= 0.6 is 11.6 Å². The number of rotatable bonds is 8. The molecular formula is C23H25ClN4O3. The van der Waals surface area contributed by atoms with E-state index >= 15 is 0 Å². The van der Waals surface area contributed by atoms with E-state index < -0.39 is 0 Å². The van der Waals surface area contributed by atoms with Crippen LogP contribution in [-0.2, 0) is 0 Å². The summed E-state index contributed by atoms with van der Waals surface area (Å²) in [6.45, 7) is 6.16. The van der Waals surface area contributed by atoms with Gasteiger partial charge < -0.3 is 15.4 Å². The van der Waals surface area contributed by atoms with Crippen molar-refractivity contribution in [2.75, 3.05) is 11.9 Å². The molecule has 0 bridgehead atoms. The molecule has 7 nitrogen and oxygen atoms in total. The van der Waals surface area contributed by atoms with Crippen LogP contribution in [0.1, 0.15) is 37.6 Å². The molecule has 0 aliphatic carbocycles. The summed E-state index contributed by atoms with van der Waals surface area (Å²) < 4.78 is 6.87. The minimum absolute atomic E-state index is 0.0699. The van der Waals surface area contributed by atoms with Crippen molar-refractivity contribution in [3.63, 3.8) is 0 Å². The Morgan fingerprint density at radius 1 is 1.19 bits per heavy atom. The lowest BCUT2D eigenvalue weighted by atomic mass is 10.1. The van der Waals surface area contributed by atoms with Crippen LogP contribution in [-0.4, -0.2) is 28.3 Å². The average Bonchev–Trinajstić information content (AvgIpc) is 2.77. The number of carbonyl (C=O) groups excluding carboxylic acids is 1. The number of hydrogen-bond donors (Lipinski definition) is 2. The van der Waals surface area contributed by atoms with E-state index in [1.165, 1.54) is 10.9 Å². The van der Waals surface area contributed by atoms with Crippen LogP contribution in [0.15, 0.2) is 59.5 Å². The fraction of sp³-hybridized carbons (Fsp3) is 0.261. The molecule has 2 aromatic carbocycles. The normalized spacial score (nSPS) is 11.6. The number of ether oxygens (including phenoxy) is 1. The van der Waals surface area contributed by atoms with Gasteiger partial charge in [0.25, 0.3) is 11.5 Å². The van der Waals surface area contributed by atoms with E-state index in [1.807, 2.05) is 20.8 Å². The Labute approximate surface area is 186 Å². The topological polar surface area (TPSA) is 85.2 Å². The molecule has 0 aliphatic rings. The van der Waals surface area contributed by atoms with Crippen LogP contribution in [0.4, 0.5) is 11.4 Å². The highest BCUT2D eigenvalue weighted by molar-refractivity contribution is 6.30. The first-order valence-electron chi connectivity index (χ1n) is 10.1.